The van der Waals surface area contributed by atoms with E-state index in [9.17, 15) is 13.2 Å². The van der Waals surface area contributed by atoms with E-state index in [1.807, 2.05) is 6.92 Å². The molecule has 1 aromatic rings. The molecule has 78 valence electrons. The van der Waals surface area contributed by atoms with E-state index in [1.165, 1.54) is 12.1 Å². The summed E-state index contributed by atoms with van der Waals surface area (Å²) in [6, 6.07) is 5.11. The Morgan fingerprint density at radius 3 is 2.07 bits per heavy atom. The van der Waals surface area contributed by atoms with Crippen molar-refractivity contribution >= 4 is 0 Å². The lowest BCUT2D eigenvalue weighted by Crippen LogP contribution is -2.10. The fourth-order valence-corrected chi connectivity index (χ4v) is 1.14. The number of hydrogen-bond donors (Lipinski definition) is 1. The van der Waals surface area contributed by atoms with Crippen LogP contribution >= 0.6 is 0 Å². The highest BCUT2D eigenvalue weighted by atomic mass is 19.4. The third-order valence-electron chi connectivity index (χ3n) is 2.16. The van der Waals surface area contributed by atoms with Gasteiger partial charge in [-0.2, -0.15) is 13.2 Å². The quantitative estimate of drug-likeness (QED) is 0.785. The van der Waals surface area contributed by atoms with Gasteiger partial charge in [-0.3, -0.25) is 0 Å². The number of hydrogen-bond acceptors (Lipinski definition) is 1. The molecule has 1 aromatic carbocycles. The Bertz CT molecular complexity index is 289. The highest BCUT2D eigenvalue weighted by Gasteiger charge is 2.29. The number of halogens is 3. The van der Waals surface area contributed by atoms with Crippen molar-refractivity contribution in [2.24, 2.45) is 5.73 Å². The molecule has 0 saturated carbocycles. The van der Waals surface area contributed by atoms with Crippen molar-refractivity contribution in [1.29, 1.82) is 0 Å². The first-order valence-corrected chi connectivity index (χ1v) is 4.32. The second kappa shape index (κ2) is 4.00. The minimum Gasteiger partial charge on any atom is -0.330 e. The number of alkyl halides is 3. The maximum atomic E-state index is 12.2. The first kappa shape index (κ1) is 11.0. The molecule has 1 atom stereocenters. The maximum absolute atomic E-state index is 12.2. The van der Waals surface area contributed by atoms with Crippen molar-refractivity contribution in [2.45, 2.75) is 19.0 Å². The Kier molecular flexibility index (Phi) is 3.16. The van der Waals surface area contributed by atoms with Crippen molar-refractivity contribution in [3.05, 3.63) is 35.4 Å². The number of nitrogens with two attached hydrogens (primary N) is 1. The average molecular weight is 203 g/mol. The summed E-state index contributed by atoms with van der Waals surface area (Å²) in [7, 11) is 0. The summed E-state index contributed by atoms with van der Waals surface area (Å²) in [6.45, 7) is 2.31. The summed E-state index contributed by atoms with van der Waals surface area (Å²) < 4.78 is 36.5. The zero-order valence-corrected chi connectivity index (χ0v) is 7.81. The van der Waals surface area contributed by atoms with E-state index in [4.69, 9.17) is 5.73 Å². The molecule has 14 heavy (non-hydrogen) atoms. The predicted molar refractivity (Wildman–Crippen MR) is 48.9 cm³/mol. The lowest BCUT2D eigenvalue weighted by atomic mass is 10.00. The largest absolute Gasteiger partial charge is 0.416 e. The lowest BCUT2D eigenvalue weighted by Gasteiger charge is -2.11. The molecule has 4 heteroatoms. The van der Waals surface area contributed by atoms with Gasteiger partial charge < -0.3 is 5.73 Å². The van der Waals surface area contributed by atoms with Gasteiger partial charge in [0.1, 0.15) is 0 Å². The van der Waals surface area contributed by atoms with Gasteiger partial charge in [0.15, 0.2) is 0 Å². The third-order valence-corrected chi connectivity index (χ3v) is 2.16. The summed E-state index contributed by atoms with van der Waals surface area (Å²) in [4.78, 5) is 0. The molecule has 0 aliphatic heterocycles. The van der Waals surface area contributed by atoms with Crippen molar-refractivity contribution in [2.75, 3.05) is 6.54 Å². The fraction of sp³-hybridized carbons (Fsp3) is 0.400. The molecule has 0 unspecified atom stereocenters. The average Bonchev–Trinajstić information content (AvgIpc) is 2.15. The van der Waals surface area contributed by atoms with Gasteiger partial charge in [0.2, 0.25) is 0 Å². The van der Waals surface area contributed by atoms with Gasteiger partial charge in [-0.25, -0.2) is 0 Å². The van der Waals surface area contributed by atoms with Crippen LogP contribution in [0.5, 0.6) is 0 Å². The standard InChI is InChI=1S/C10H12F3N/c1-7(6-14)8-2-4-9(5-3-8)10(11,12)13/h2-5,7H,6,14H2,1H3/t7-/m1/s1. The van der Waals surface area contributed by atoms with Crippen molar-refractivity contribution in [3.8, 4) is 0 Å². The third kappa shape index (κ3) is 2.48. The van der Waals surface area contributed by atoms with Crippen LogP contribution in [-0.2, 0) is 6.18 Å². The number of benzene rings is 1. The molecule has 0 heterocycles. The molecule has 0 amide bonds. The monoisotopic (exact) mass is 203 g/mol. The van der Waals surface area contributed by atoms with Crippen molar-refractivity contribution in [1.82, 2.24) is 0 Å². The molecule has 0 saturated heterocycles. The van der Waals surface area contributed by atoms with Gasteiger partial charge in [-0.15, -0.1) is 0 Å². The molecule has 1 nitrogen and oxygen atoms in total. The summed E-state index contributed by atoms with van der Waals surface area (Å²) in [5.41, 5.74) is 5.62. The maximum Gasteiger partial charge on any atom is 0.416 e. The molecule has 2 N–H and O–H groups in total. The van der Waals surface area contributed by atoms with E-state index >= 15 is 0 Å². The van der Waals surface area contributed by atoms with Crippen LogP contribution in [0.1, 0.15) is 24.0 Å². The Hall–Kier alpha value is -1.03. The first-order chi connectivity index (χ1) is 6.45. The van der Waals surface area contributed by atoms with Crippen LogP contribution in [0.3, 0.4) is 0 Å². The molecule has 0 spiro atoms. The molecular formula is C10H12F3N. The van der Waals surface area contributed by atoms with Crippen LogP contribution in [0.4, 0.5) is 13.2 Å². The van der Waals surface area contributed by atoms with Crippen LogP contribution < -0.4 is 5.73 Å². The smallest absolute Gasteiger partial charge is 0.330 e. The highest BCUT2D eigenvalue weighted by Crippen LogP contribution is 2.29. The van der Waals surface area contributed by atoms with E-state index in [1.54, 1.807) is 0 Å². The van der Waals surface area contributed by atoms with E-state index in [0.717, 1.165) is 17.7 Å². The molecule has 1 rings (SSSR count). The van der Waals surface area contributed by atoms with Gasteiger partial charge in [0.05, 0.1) is 5.56 Å². The van der Waals surface area contributed by atoms with E-state index in [2.05, 4.69) is 0 Å². The zero-order chi connectivity index (χ0) is 10.8. The summed E-state index contributed by atoms with van der Waals surface area (Å²) in [5.74, 6) is 0.0947. The topological polar surface area (TPSA) is 26.0 Å². The van der Waals surface area contributed by atoms with E-state index in [0.29, 0.717) is 6.54 Å². The minimum absolute atomic E-state index is 0.0947. The Morgan fingerprint density at radius 2 is 1.71 bits per heavy atom. The van der Waals surface area contributed by atoms with Crippen LogP contribution in [-0.4, -0.2) is 6.54 Å². The molecule has 0 aliphatic carbocycles. The minimum atomic E-state index is -4.26. The Labute approximate surface area is 80.7 Å². The Balaban J connectivity index is 2.89. The fourth-order valence-electron chi connectivity index (χ4n) is 1.14. The van der Waals surface area contributed by atoms with Gasteiger partial charge in [-0.1, -0.05) is 19.1 Å². The van der Waals surface area contributed by atoms with Crippen molar-refractivity contribution in [3.63, 3.8) is 0 Å². The zero-order valence-electron chi connectivity index (χ0n) is 7.81. The SMILES string of the molecule is C[C@H](CN)c1ccc(C(F)(F)F)cc1. The molecule has 0 aliphatic rings. The molecule has 0 bridgehead atoms. The van der Waals surface area contributed by atoms with Gasteiger partial charge in [0, 0.05) is 0 Å². The first-order valence-electron chi connectivity index (χ1n) is 4.32. The predicted octanol–water partition coefficient (Wildman–Crippen LogP) is 2.77. The number of rotatable bonds is 2. The van der Waals surface area contributed by atoms with Gasteiger partial charge in [0.25, 0.3) is 0 Å². The summed E-state index contributed by atoms with van der Waals surface area (Å²) >= 11 is 0. The van der Waals surface area contributed by atoms with E-state index < -0.39 is 11.7 Å². The van der Waals surface area contributed by atoms with Crippen LogP contribution in [0, 0.1) is 0 Å². The molecule has 0 fully saturated rings. The van der Waals surface area contributed by atoms with E-state index in [-0.39, 0.29) is 5.92 Å². The second-order valence-electron chi connectivity index (χ2n) is 3.26. The normalized spacial score (nSPS) is 14.1. The molecule has 0 aromatic heterocycles. The molecule has 0 radical (unpaired) electrons. The molecular weight excluding hydrogens is 191 g/mol. The summed E-state index contributed by atoms with van der Waals surface area (Å²) in [6.07, 6.45) is -4.26. The van der Waals surface area contributed by atoms with Crippen LogP contribution in [0.25, 0.3) is 0 Å². The van der Waals surface area contributed by atoms with Crippen molar-refractivity contribution < 1.29 is 13.2 Å². The van der Waals surface area contributed by atoms with Crippen LogP contribution in [0.2, 0.25) is 0 Å². The summed E-state index contributed by atoms with van der Waals surface area (Å²) in [5, 5.41) is 0. The Morgan fingerprint density at radius 1 is 1.21 bits per heavy atom. The van der Waals surface area contributed by atoms with Gasteiger partial charge >= 0.3 is 6.18 Å². The van der Waals surface area contributed by atoms with Gasteiger partial charge in [-0.05, 0) is 30.2 Å². The van der Waals surface area contributed by atoms with Crippen LogP contribution in [0.15, 0.2) is 24.3 Å². The second-order valence-corrected chi connectivity index (χ2v) is 3.26. The highest BCUT2D eigenvalue weighted by molar-refractivity contribution is 5.26. The lowest BCUT2D eigenvalue weighted by molar-refractivity contribution is -0.137.